The van der Waals surface area contributed by atoms with Gasteiger partial charge in [0.1, 0.15) is 10.6 Å². The number of carbonyl (C=O) groups is 1. The van der Waals surface area contributed by atoms with Gasteiger partial charge in [0, 0.05) is 23.2 Å². The van der Waals surface area contributed by atoms with E-state index in [2.05, 4.69) is 5.32 Å². The zero-order valence-electron chi connectivity index (χ0n) is 9.83. The van der Waals surface area contributed by atoms with Crippen molar-refractivity contribution in [2.45, 2.75) is 0 Å². The van der Waals surface area contributed by atoms with Crippen molar-refractivity contribution in [3.8, 4) is 5.75 Å². The first-order valence-corrected chi connectivity index (χ1v) is 6.61. The lowest BCUT2D eigenvalue weighted by molar-refractivity contribution is 0.0959. The van der Waals surface area contributed by atoms with Crippen LogP contribution in [0.3, 0.4) is 0 Å². The number of amides is 1. The van der Waals surface area contributed by atoms with Gasteiger partial charge in [0.05, 0.1) is 12.1 Å². The van der Waals surface area contributed by atoms with Crippen molar-refractivity contribution in [1.82, 2.24) is 5.32 Å². The molecule has 0 atom stereocenters. The molecule has 0 aliphatic rings. The van der Waals surface area contributed by atoms with Crippen LogP contribution in [0.15, 0.2) is 18.2 Å². The molecule has 96 valence electrons. The molecule has 0 unspecified atom stereocenters. The van der Waals surface area contributed by atoms with Gasteiger partial charge >= 0.3 is 0 Å². The fraction of sp³-hybridized carbons (Fsp3) is 0.250. The van der Waals surface area contributed by atoms with Crippen LogP contribution in [-0.4, -0.2) is 26.1 Å². The van der Waals surface area contributed by atoms with Gasteiger partial charge in [-0.2, -0.15) is 0 Å². The van der Waals surface area contributed by atoms with Crippen molar-refractivity contribution in [3.05, 3.63) is 28.1 Å². The van der Waals surface area contributed by atoms with E-state index in [-0.39, 0.29) is 5.91 Å². The molecule has 1 aromatic heterocycles. The quantitative estimate of drug-likeness (QED) is 0.905. The molecule has 0 saturated carbocycles. The second-order valence-corrected chi connectivity index (χ2v) is 5.08. The first kappa shape index (κ1) is 13.1. The van der Waals surface area contributed by atoms with Crippen molar-refractivity contribution in [2.24, 2.45) is 5.73 Å². The second-order valence-electron chi connectivity index (χ2n) is 3.65. The number of ether oxygens (including phenoxy) is 1. The molecule has 0 radical (unpaired) electrons. The molecule has 0 aliphatic heterocycles. The molecule has 1 aromatic carbocycles. The van der Waals surface area contributed by atoms with E-state index in [9.17, 15) is 4.79 Å². The smallest absolute Gasteiger partial charge is 0.262 e. The summed E-state index contributed by atoms with van der Waals surface area (Å²) in [4.78, 5) is 12.4. The summed E-state index contributed by atoms with van der Waals surface area (Å²) < 4.78 is 6.10. The van der Waals surface area contributed by atoms with Gasteiger partial charge < -0.3 is 15.8 Å². The summed E-state index contributed by atoms with van der Waals surface area (Å²) in [6, 6.07) is 5.56. The number of halogens is 1. The highest BCUT2D eigenvalue weighted by molar-refractivity contribution is 7.21. The zero-order chi connectivity index (χ0) is 13.1. The number of hydrogen-bond donors (Lipinski definition) is 2. The summed E-state index contributed by atoms with van der Waals surface area (Å²) in [5.74, 6) is 0.529. The Morgan fingerprint density at radius 1 is 1.56 bits per heavy atom. The summed E-state index contributed by atoms with van der Waals surface area (Å²) in [5, 5.41) is 4.00. The lowest BCUT2D eigenvalue weighted by atomic mass is 10.2. The molecule has 18 heavy (non-hydrogen) atoms. The second kappa shape index (κ2) is 5.56. The molecule has 2 aromatic rings. The largest absolute Gasteiger partial charge is 0.497 e. The molecular formula is C12H13ClN2O2S. The van der Waals surface area contributed by atoms with Crippen LogP contribution in [0, 0.1) is 0 Å². The molecule has 2 rings (SSSR count). The average molecular weight is 285 g/mol. The van der Waals surface area contributed by atoms with E-state index in [0.717, 1.165) is 15.8 Å². The molecule has 0 aliphatic carbocycles. The lowest BCUT2D eigenvalue weighted by Crippen LogP contribution is -2.28. The zero-order valence-corrected chi connectivity index (χ0v) is 11.4. The summed E-state index contributed by atoms with van der Waals surface area (Å²) in [7, 11) is 1.59. The van der Waals surface area contributed by atoms with E-state index >= 15 is 0 Å². The normalized spacial score (nSPS) is 10.6. The van der Waals surface area contributed by atoms with Gasteiger partial charge in [-0.25, -0.2) is 0 Å². The van der Waals surface area contributed by atoms with Crippen LogP contribution in [0.25, 0.3) is 10.1 Å². The number of thiophene rings is 1. The first-order chi connectivity index (χ1) is 8.67. The van der Waals surface area contributed by atoms with Crippen LogP contribution in [-0.2, 0) is 0 Å². The number of nitrogens with two attached hydrogens (primary N) is 1. The van der Waals surface area contributed by atoms with E-state index < -0.39 is 0 Å². The number of nitrogens with one attached hydrogen (secondary N) is 1. The van der Waals surface area contributed by atoms with Gasteiger partial charge in [-0.15, -0.1) is 11.3 Å². The van der Waals surface area contributed by atoms with Crippen molar-refractivity contribution in [3.63, 3.8) is 0 Å². The van der Waals surface area contributed by atoms with Crippen LogP contribution in [0.4, 0.5) is 0 Å². The molecule has 4 nitrogen and oxygen atoms in total. The number of hydrogen-bond acceptors (Lipinski definition) is 4. The SMILES string of the molecule is COc1ccc2sc(C(=O)NCCN)c(Cl)c2c1. The minimum absolute atomic E-state index is 0.189. The standard InChI is InChI=1S/C12H13ClN2O2S/c1-17-7-2-3-9-8(6-7)10(13)11(18-9)12(16)15-5-4-14/h2-3,6H,4-5,14H2,1H3,(H,15,16). The lowest BCUT2D eigenvalue weighted by Gasteiger charge is -2.01. The van der Waals surface area contributed by atoms with Crippen molar-refractivity contribution in [2.75, 3.05) is 20.2 Å². The predicted molar refractivity (Wildman–Crippen MR) is 74.8 cm³/mol. The predicted octanol–water partition coefficient (Wildman–Crippen LogP) is 2.25. The summed E-state index contributed by atoms with van der Waals surface area (Å²) in [5.41, 5.74) is 5.35. The van der Waals surface area contributed by atoms with E-state index in [4.69, 9.17) is 22.1 Å². The topological polar surface area (TPSA) is 64.3 Å². The minimum atomic E-state index is -0.189. The summed E-state index contributed by atoms with van der Waals surface area (Å²) in [6.07, 6.45) is 0. The monoisotopic (exact) mass is 284 g/mol. The highest BCUT2D eigenvalue weighted by Crippen LogP contribution is 2.37. The minimum Gasteiger partial charge on any atom is -0.497 e. The molecule has 0 saturated heterocycles. The fourth-order valence-corrected chi connectivity index (χ4v) is 2.99. The molecule has 1 heterocycles. The Morgan fingerprint density at radius 3 is 3.00 bits per heavy atom. The van der Waals surface area contributed by atoms with E-state index in [1.165, 1.54) is 11.3 Å². The Morgan fingerprint density at radius 2 is 2.33 bits per heavy atom. The van der Waals surface area contributed by atoms with E-state index in [0.29, 0.717) is 23.0 Å². The number of benzene rings is 1. The van der Waals surface area contributed by atoms with Crippen LogP contribution in [0.1, 0.15) is 9.67 Å². The van der Waals surface area contributed by atoms with Crippen molar-refractivity contribution >= 4 is 38.9 Å². The molecule has 6 heteroatoms. The summed E-state index contributed by atoms with van der Waals surface area (Å²) in [6.45, 7) is 0.842. The molecule has 0 bridgehead atoms. The van der Waals surface area contributed by atoms with Crippen molar-refractivity contribution < 1.29 is 9.53 Å². The van der Waals surface area contributed by atoms with E-state index in [1.807, 2.05) is 18.2 Å². The molecular weight excluding hydrogens is 272 g/mol. The van der Waals surface area contributed by atoms with Crippen molar-refractivity contribution in [1.29, 1.82) is 0 Å². The number of rotatable bonds is 4. The fourth-order valence-electron chi connectivity index (χ4n) is 1.59. The van der Waals surface area contributed by atoms with Crippen LogP contribution >= 0.6 is 22.9 Å². The summed E-state index contributed by atoms with van der Waals surface area (Å²) >= 11 is 7.58. The highest BCUT2D eigenvalue weighted by Gasteiger charge is 2.16. The Labute approximate surface area is 114 Å². The Bertz CT molecular complexity index is 583. The maximum atomic E-state index is 11.9. The third-order valence-corrected chi connectivity index (χ3v) is 4.14. The Balaban J connectivity index is 2.41. The Hall–Kier alpha value is -1.30. The maximum absolute atomic E-state index is 11.9. The Kier molecular flexibility index (Phi) is 4.06. The van der Waals surface area contributed by atoms with E-state index in [1.54, 1.807) is 7.11 Å². The average Bonchev–Trinajstić information content (AvgIpc) is 2.73. The van der Waals surface area contributed by atoms with Gasteiger partial charge in [0.15, 0.2) is 0 Å². The van der Waals surface area contributed by atoms with Gasteiger partial charge in [0.25, 0.3) is 5.91 Å². The molecule has 1 amide bonds. The molecule has 3 N–H and O–H groups in total. The van der Waals surface area contributed by atoms with Gasteiger partial charge in [-0.3, -0.25) is 4.79 Å². The number of methoxy groups -OCH3 is 1. The van der Waals surface area contributed by atoms with Gasteiger partial charge in [-0.1, -0.05) is 11.6 Å². The van der Waals surface area contributed by atoms with Gasteiger partial charge in [-0.05, 0) is 18.2 Å². The van der Waals surface area contributed by atoms with Gasteiger partial charge in [0.2, 0.25) is 0 Å². The molecule has 0 fully saturated rings. The van der Waals surface area contributed by atoms with Crippen LogP contribution in [0.2, 0.25) is 5.02 Å². The number of carbonyl (C=O) groups excluding carboxylic acids is 1. The van der Waals surface area contributed by atoms with Crippen LogP contribution < -0.4 is 15.8 Å². The highest BCUT2D eigenvalue weighted by atomic mass is 35.5. The molecule has 0 spiro atoms. The third kappa shape index (κ3) is 2.43. The third-order valence-electron chi connectivity index (χ3n) is 2.47. The van der Waals surface area contributed by atoms with Crippen LogP contribution in [0.5, 0.6) is 5.75 Å². The maximum Gasteiger partial charge on any atom is 0.262 e. The number of fused-ring (bicyclic) bond motifs is 1. The first-order valence-electron chi connectivity index (χ1n) is 5.41.